The molecule has 0 bridgehead atoms. The lowest BCUT2D eigenvalue weighted by molar-refractivity contribution is -0.123. The average Bonchev–Trinajstić information content (AvgIpc) is 2.34. The molecule has 100 valence electrons. The highest BCUT2D eigenvalue weighted by molar-refractivity contribution is 6.35. The molecular formula is C12H15Cl2NO3. The molecule has 0 unspecified atom stereocenters. The molecule has 1 rings (SSSR count). The average molecular weight is 292 g/mol. The molecule has 1 aromatic rings. The summed E-state index contributed by atoms with van der Waals surface area (Å²) in [6.07, 6.45) is 0.856. The second kappa shape index (κ2) is 7.46. The van der Waals surface area contributed by atoms with E-state index in [4.69, 9.17) is 27.9 Å². The summed E-state index contributed by atoms with van der Waals surface area (Å²) in [4.78, 5) is 11.4. The van der Waals surface area contributed by atoms with Crippen LogP contribution in [0.15, 0.2) is 12.1 Å². The number of halogens is 2. The van der Waals surface area contributed by atoms with E-state index in [1.807, 2.05) is 6.92 Å². The van der Waals surface area contributed by atoms with E-state index < -0.39 is 0 Å². The zero-order valence-electron chi connectivity index (χ0n) is 10.0. The standard InChI is InChI=1S/C12H15Cl2NO3/c1-2-3-15-11(17)7-18-12-8(6-16)4-9(13)5-10(12)14/h4-5,16H,2-3,6-7H2,1H3,(H,15,17). The SMILES string of the molecule is CCCNC(=O)COc1c(Cl)cc(Cl)cc1CO. The number of benzene rings is 1. The summed E-state index contributed by atoms with van der Waals surface area (Å²) < 4.78 is 5.31. The van der Waals surface area contributed by atoms with E-state index in [2.05, 4.69) is 5.32 Å². The third kappa shape index (κ3) is 4.37. The van der Waals surface area contributed by atoms with Gasteiger partial charge in [-0.3, -0.25) is 4.79 Å². The number of carbonyl (C=O) groups is 1. The van der Waals surface area contributed by atoms with Crippen LogP contribution in [0.5, 0.6) is 5.75 Å². The molecule has 0 aliphatic rings. The first-order chi connectivity index (χ1) is 8.58. The van der Waals surface area contributed by atoms with Crippen LogP contribution in [-0.4, -0.2) is 24.2 Å². The van der Waals surface area contributed by atoms with E-state index in [0.29, 0.717) is 17.1 Å². The van der Waals surface area contributed by atoms with Crippen LogP contribution < -0.4 is 10.1 Å². The predicted molar refractivity (Wildman–Crippen MR) is 71.2 cm³/mol. The Morgan fingerprint density at radius 2 is 2.17 bits per heavy atom. The number of ether oxygens (including phenoxy) is 1. The van der Waals surface area contributed by atoms with Gasteiger partial charge in [0.2, 0.25) is 0 Å². The molecule has 0 spiro atoms. The molecule has 6 heteroatoms. The Morgan fingerprint density at radius 1 is 1.44 bits per heavy atom. The van der Waals surface area contributed by atoms with Gasteiger partial charge in [-0.25, -0.2) is 0 Å². The summed E-state index contributed by atoms with van der Waals surface area (Å²) in [7, 11) is 0. The van der Waals surface area contributed by atoms with Crippen molar-refractivity contribution in [2.24, 2.45) is 0 Å². The molecule has 0 aliphatic heterocycles. The monoisotopic (exact) mass is 291 g/mol. The van der Waals surface area contributed by atoms with Crippen molar-refractivity contribution in [3.8, 4) is 5.75 Å². The zero-order chi connectivity index (χ0) is 13.5. The second-order valence-electron chi connectivity index (χ2n) is 3.67. The van der Waals surface area contributed by atoms with Crippen molar-refractivity contribution in [2.45, 2.75) is 20.0 Å². The highest BCUT2D eigenvalue weighted by atomic mass is 35.5. The summed E-state index contributed by atoms with van der Waals surface area (Å²) in [5, 5.41) is 12.5. The lowest BCUT2D eigenvalue weighted by Crippen LogP contribution is -2.29. The Hall–Kier alpha value is -0.970. The Bertz CT molecular complexity index is 424. The van der Waals surface area contributed by atoms with Crippen LogP contribution in [-0.2, 0) is 11.4 Å². The summed E-state index contributed by atoms with van der Waals surface area (Å²) in [5.74, 6) is 0.0574. The second-order valence-corrected chi connectivity index (χ2v) is 4.52. The fraction of sp³-hybridized carbons (Fsp3) is 0.417. The summed E-state index contributed by atoms with van der Waals surface area (Å²) in [6.45, 7) is 2.16. The van der Waals surface area contributed by atoms with Crippen molar-refractivity contribution in [1.82, 2.24) is 5.32 Å². The fourth-order valence-electron chi connectivity index (χ4n) is 1.35. The smallest absolute Gasteiger partial charge is 0.257 e. The van der Waals surface area contributed by atoms with Crippen LogP contribution in [0.4, 0.5) is 0 Å². The Labute approximate surface area is 116 Å². The van der Waals surface area contributed by atoms with E-state index in [1.54, 1.807) is 6.07 Å². The molecule has 1 amide bonds. The van der Waals surface area contributed by atoms with Crippen molar-refractivity contribution in [1.29, 1.82) is 0 Å². The van der Waals surface area contributed by atoms with Gasteiger partial charge >= 0.3 is 0 Å². The number of carbonyl (C=O) groups excluding carboxylic acids is 1. The Morgan fingerprint density at radius 3 is 2.78 bits per heavy atom. The van der Waals surface area contributed by atoms with Gasteiger partial charge in [0, 0.05) is 17.1 Å². The van der Waals surface area contributed by atoms with Crippen molar-refractivity contribution in [3.63, 3.8) is 0 Å². The van der Waals surface area contributed by atoms with Crippen LogP contribution >= 0.6 is 23.2 Å². The maximum absolute atomic E-state index is 11.4. The lowest BCUT2D eigenvalue weighted by atomic mass is 10.2. The van der Waals surface area contributed by atoms with E-state index in [-0.39, 0.29) is 29.9 Å². The van der Waals surface area contributed by atoms with Crippen molar-refractivity contribution in [3.05, 3.63) is 27.7 Å². The van der Waals surface area contributed by atoms with E-state index in [1.165, 1.54) is 6.07 Å². The number of hydrogen-bond donors (Lipinski definition) is 2. The van der Waals surface area contributed by atoms with Gasteiger partial charge in [-0.1, -0.05) is 30.1 Å². The maximum Gasteiger partial charge on any atom is 0.257 e. The van der Waals surface area contributed by atoms with Gasteiger partial charge in [0.1, 0.15) is 5.75 Å². The number of nitrogens with one attached hydrogen (secondary N) is 1. The van der Waals surface area contributed by atoms with Gasteiger partial charge in [0.15, 0.2) is 6.61 Å². The number of aliphatic hydroxyl groups excluding tert-OH is 1. The predicted octanol–water partition coefficient (Wildman–Crippen LogP) is 2.39. The Kier molecular flexibility index (Phi) is 6.25. The maximum atomic E-state index is 11.4. The van der Waals surface area contributed by atoms with Crippen LogP contribution in [0.1, 0.15) is 18.9 Å². The van der Waals surface area contributed by atoms with E-state index in [9.17, 15) is 9.90 Å². The minimum atomic E-state index is -0.258. The lowest BCUT2D eigenvalue weighted by Gasteiger charge is -2.12. The minimum Gasteiger partial charge on any atom is -0.482 e. The molecule has 0 heterocycles. The van der Waals surface area contributed by atoms with Crippen molar-refractivity contribution >= 4 is 29.1 Å². The van der Waals surface area contributed by atoms with Gasteiger partial charge in [0.05, 0.1) is 11.6 Å². The molecule has 0 aromatic heterocycles. The molecule has 0 fully saturated rings. The molecule has 2 N–H and O–H groups in total. The third-order valence-electron chi connectivity index (χ3n) is 2.18. The van der Waals surface area contributed by atoms with Crippen LogP contribution in [0, 0.1) is 0 Å². The normalized spacial score (nSPS) is 10.2. The minimum absolute atomic E-state index is 0.144. The summed E-state index contributed by atoms with van der Waals surface area (Å²) >= 11 is 11.8. The first kappa shape index (κ1) is 15.1. The topological polar surface area (TPSA) is 58.6 Å². The molecule has 0 saturated heterocycles. The highest BCUT2D eigenvalue weighted by Gasteiger charge is 2.11. The van der Waals surface area contributed by atoms with E-state index in [0.717, 1.165) is 6.42 Å². The molecular weight excluding hydrogens is 277 g/mol. The molecule has 0 saturated carbocycles. The number of aliphatic hydroxyl groups is 1. The largest absolute Gasteiger partial charge is 0.482 e. The van der Waals surface area contributed by atoms with Gasteiger partial charge in [-0.15, -0.1) is 0 Å². The molecule has 4 nitrogen and oxygen atoms in total. The summed E-state index contributed by atoms with van der Waals surface area (Å²) in [6, 6.07) is 3.05. The Balaban J connectivity index is 2.69. The first-order valence-corrected chi connectivity index (χ1v) is 6.32. The number of rotatable bonds is 6. The zero-order valence-corrected chi connectivity index (χ0v) is 11.5. The van der Waals surface area contributed by atoms with Crippen LogP contribution in [0.3, 0.4) is 0 Å². The van der Waals surface area contributed by atoms with Gasteiger partial charge in [-0.05, 0) is 18.6 Å². The number of amides is 1. The van der Waals surface area contributed by atoms with Gasteiger partial charge < -0.3 is 15.2 Å². The van der Waals surface area contributed by atoms with Gasteiger partial charge in [0.25, 0.3) is 5.91 Å². The van der Waals surface area contributed by atoms with Gasteiger partial charge in [-0.2, -0.15) is 0 Å². The van der Waals surface area contributed by atoms with Crippen molar-refractivity contribution < 1.29 is 14.6 Å². The molecule has 0 atom stereocenters. The quantitative estimate of drug-likeness (QED) is 0.846. The van der Waals surface area contributed by atoms with Crippen LogP contribution in [0.25, 0.3) is 0 Å². The third-order valence-corrected chi connectivity index (χ3v) is 2.67. The molecule has 18 heavy (non-hydrogen) atoms. The highest BCUT2D eigenvalue weighted by Crippen LogP contribution is 2.32. The fourth-order valence-corrected chi connectivity index (χ4v) is 1.94. The van der Waals surface area contributed by atoms with Crippen LogP contribution in [0.2, 0.25) is 10.0 Å². The molecule has 0 radical (unpaired) electrons. The molecule has 1 aromatic carbocycles. The number of hydrogen-bond acceptors (Lipinski definition) is 3. The van der Waals surface area contributed by atoms with Crippen molar-refractivity contribution in [2.75, 3.05) is 13.2 Å². The first-order valence-electron chi connectivity index (χ1n) is 5.56. The molecule has 0 aliphatic carbocycles. The van der Waals surface area contributed by atoms with E-state index >= 15 is 0 Å². The summed E-state index contributed by atoms with van der Waals surface area (Å²) in [5.41, 5.74) is 0.454.